The summed E-state index contributed by atoms with van der Waals surface area (Å²) in [7, 11) is 0. The summed E-state index contributed by atoms with van der Waals surface area (Å²) < 4.78 is 0. The lowest BCUT2D eigenvalue weighted by atomic mass is 10.2. The van der Waals surface area contributed by atoms with Crippen LogP contribution < -0.4 is 5.43 Å². The molecule has 0 unspecified atom stereocenters. The van der Waals surface area contributed by atoms with Gasteiger partial charge in [0.15, 0.2) is 0 Å². The summed E-state index contributed by atoms with van der Waals surface area (Å²) in [5.41, 5.74) is 3.45. The third kappa shape index (κ3) is 4.57. The van der Waals surface area contributed by atoms with E-state index in [1.54, 1.807) is 11.3 Å². The van der Waals surface area contributed by atoms with E-state index in [9.17, 15) is 4.79 Å². The highest BCUT2D eigenvalue weighted by atomic mass is 32.1. The number of hydrogen-bond donors (Lipinski definition) is 1. The molecule has 1 heterocycles. The second-order valence-corrected chi connectivity index (χ2v) is 4.61. The Kier molecular flexibility index (Phi) is 5.78. The zero-order valence-corrected chi connectivity index (χ0v) is 10.6. The maximum atomic E-state index is 11.4. The Balaban J connectivity index is 2.32. The summed E-state index contributed by atoms with van der Waals surface area (Å²) >= 11 is 1.62. The van der Waals surface area contributed by atoms with Gasteiger partial charge in [-0.25, -0.2) is 5.43 Å². The zero-order chi connectivity index (χ0) is 11.8. The van der Waals surface area contributed by atoms with Gasteiger partial charge in [0.05, 0.1) is 5.71 Å². The largest absolute Gasteiger partial charge is 0.273 e. The first-order chi connectivity index (χ1) is 7.74. The monoisotopic (exact) mass is 238 g/mol. The molecule has 0 saturated carbocycles. The molecule has 0 fully saturated rings. The predicted octanol–water partition coefficient (Wildman–Crippen LogP) is 3.17. The number of nitrogens with one attached hydrogen (secondary N) is 1. The molecule has 1 aromatic heterocycles. The molecule has 0 radical (unpaired) electrons. The average molecular weight is 238 g/mol. The van der Waals surface area contributed by atoms with Crippen LogP contribution in [0.3, 0.4) is 0 Å². The number of carbonyl (C=O) groups is 1. The fourth-order valence-corrected chi connectivity index (χ4v) is 1.95. The van der Waals surface area contributed by atoms with Crippen molar-refractivity contribution < 1.29 is 4.79 Å². The van der Waals surface area contributed by atoms with E-state index in [0.717, 1.165) is 29.9 Å². The molecule has 0 aliphatic heterocycles. The van der Waals surface area contributed by atoms with Gasteiger partial charge in [-0.1, -0.05) is 25.8 Å². The quantitative estimate of drug-likeness (QED) is 0.461. The average Bonchev–Trinajstić information content (AvgIpc) is 2.79. The normalized spacial score (nSPS) is 11.5. The summed E-state index contributed by atoms with van der Waals surface area (Å²) in [6.07, 6.45) is 3.73. The number of hydrogen-bond acceptors (Lipinski definition) is 3. The molecule has 88 valence electrons. The molecule has 1 aromatic rings. The molecule has 4 heteroatoms. The van der Waals surface area contributed by atoms with Crippen molar-refractivity contribution in [1.82, 2.24) is 5.43 Å². The molecular formula is C12H18N2OS. The minimum Gasteiger partial charge on any atom is -0.273 e. The van der Waals surface area contributed by atoms with Crippen LogP contribution in [0.15, 0.2) is 22.6 Å². The van der Waals surface area contributed by atoms with Gasteiger partial charge in [0.1, 0.15) is 0 Å². The summed E-state index contributed by atoms with van der Waals surface area (Å²) in [6.45, 7) is 4.02. The van der Waals surface area contributed by atoms with E-state index in [1.165, 1.54) is 0 Å². The molecule has 0 atom stereocenters. The van der Waals surface area contributed by atoms with Crippen LogP contribution in [0.5, 0.6) is 0 Å². The smallest absolute Gasteiger partial charge is 0.240 e. The van der Waals surface area contributed by atoms with E-state index in [1.807, 2.05) is 24.4 Å². The van der Waals surface area contributed by atoms with E-state index >= 15 is 0 Å². The van der Waals surface area contributed by atoms with E-state index in [-0.39, 0.29) is 5.91 Å². The number of carbonyl (C=O) groups excluding carboxylic acids is 1. The standard InChI is InChI=1S/C12H18N2OS/c1-3-4-5-8-12(15)14-13-10(2)11-7-6-9-16-11/h6-7,9H,3-5,8H2,1-2H3,(H,14,15)/b13-10-. The second kappa shape index (κ2) is 7.17. The zero-order valence-electron chi connectivity index (χ0n) is 9.82. The Morgan fingerprint density at radius 3 is 2.94 bits per heavy atom. The van der Waals surface area contributed by atoms with Crippen LogP contribution in [-0.2, 0) is 4.79 Å². The number of rotatable bonds is 6. The van der Waals surface area contributed by atoms with Crippen LogP contribution in [0, 0.1) is 0 Å². The van der Waals surface area contributed by atoms with Crippen molar-refractivity contribution in [2.75, 3.05) is 0 Å². The fraction of sp³-hybridized carbons (Fsp3) is 0.500. The van der Waals surface area contributed by atoms with Gasteiger partial charge < -0.3 is 0 Å². The summed E-state index contributed by atoms with van der Waals surface area (Å²) in [5, 5.41) is 6.07. The van der Waals surface area contributed by atoms with Crippen LogP contribution in [0.4, 0.5) is 0 Å². The first-order valence-corrected chi connectivity index (χ1v) is 6.49. The first-order valence-electron chi connectivity index (χ1n) is 5.61. The number of hydrazone groups is 1. The van der Waals surface area contributed by atoms with Crippen molar-refractivity contribution in [3.63, 3.8) is 0 Å². The maximum absolute atomic E-state index is 11.4. The van der Waals surface area contributed by atoms with Gasteiger partial charge in [-0.05, 0) is 24.8 Å². The van der Waals surface area contributed by atoms with Gasteiger partial charge in [-0.3, -0.25) is 4.79 Å². The minimum atomic E-state index is 0.00403. The molecule has 3 nitrogen and oxygen atoms in total. The SMILES string of the molecule is CCCCCC(=O)N/N=C(/C)c1cccs1. The number of thiophene rings is 1. The van der Waals surface area contributed by atoms with E-state index in [0.29, 0.717) is 6.42 Å². The maximum Gasteiger partial charge on any atom is 0.240 e. The van der Waals surface area contributed by atoms with Crippen molar-refractivity contribution in [2.24, 2.45) is 5.10 Å². The Morgan fingerprint density at radius 2 is 2.31 bits per heavy atom. The van der Waals surface area contributed by atoms with E-state index in [2.05, 4.69) is 17.5 Å². The van der Waals surface area contributed by atoms with Gasteiger partial charge in [0, 0.05) is 11.3 Å². The Morgan fingerprint density at radius 1 is 1.50 bits per heavy atom. The van der Waals surface area contributed by atoms with Crippen molar-refractivity contribution in [2.45, 2.75) is 39.5 Å². The second-order valence-electron chi connectivity index (χ2n) is 3.67. The molecule has 1 amide bonds. The van der Waals surface area contributed by atoms with Crippen molar-refractivity contribution >= 4 is 23.0 Å². The van der Waals surface area contributed by atoms with Crippen LogP contribution in [0.25, 0.3) is 0 Å². The summed E-state index contributed by atoms with van der Waals surface area (Å²) in [4.78, 5) is 12.5. The number of unbranched alkanes of at least 4 members (excludes halogenated alkanes) is 2. The Hall–Kier alpha value is -1.16. The molecule has 0 aliphatic carbocycles. The molecular weight excluding hydrogens is 220 g/mol. The van der Waals surface area contributed by atoms with E-state index < -0.39 is 0 Å². The van der Waals surface area contributed by atoms with Crippen LogP contribution in [0.2, 0.25) is 0 Å². The van der Waals surface area contributed by atoms with Crippen molar-refractivity contribution in [3.05, 3.63) is 22.4 Å². The molecule has 16 heavy (non-hydrogen) atoms. The lowest BCUT2D eigenvalue weighted by Gasteiger charge is -2.00. The fourth-order valence-electron chi connectivity index (χ4n) is 1.28. The topological polar surface area (TPSA) is 41.5 Å². The van der Waals surface area contributed by atoms with Crippen LogP contribution >= 0.6 is 11.3 Å². The van der Waals surface area contributed by atoms with Gasteiger partial charge in [-0.2, -0.15) is 5.10 Å². The highest BCUT2D eigenvalue weighted by Crippen LogP contribution is 2.09. The van der Waals surface area contributed by atoms with Crippen LogP contribution in [0.1, 0.15) is 44.4 Å². The lowest BCUT2D eigenvalue weighted by Crippen LogP contribution is -2.18. The van der Waals surface area contributed by atoms with Gasteiger partial charge in [0.25, 0.3) is 0 Å². The number of amides is 1. The molecule has 0 aliphatic rings. The first kappa shape index (κ1) is 12.9. The molecule has 0 saturated heterocycles. The van der Waals surface area contributed by atoms with Gasteiger partial charge >= 0.3 is 0 Å². The van der Waals surface area contributed by atoms with Crippen molar-refractivity contribution in [1.29, 1.82) is 0 Å². The summed E-state index contributed by atoms with van der Waals surface area (Å²) in [6, 6.07) is 3.97. The van der Waals surface area contributed by atoms with Gasteiger partial charge in [-0.15, -0.1) is 11.3 Å². The third-order valence-electron chi connectivity index (χ3n) is 2.23. The third-order valence-corrected chi connectivity index (χ3v) is 3.21. The highest BCUT2D eigenvalue weighted by molar-refractivity contribution is 7.12. The summed E-state index contributed by atoms with van der Waals surface area (Å²) in [5.74, 6) is 0.00403. The van der Waals surface area contributed by atoms with E-state index in [4.69, 9.17) is 0 Å². The van der Waals surface area contributed by atoms with Crippen LogP contribution in [-0.4, -0.2) is 11.6 Å². The molecule has 0 spiro atoms. The molecule has 0 bridgehead atoms. The van der Waals surface area contributed by atoms with Gasteiger partial charge in [0.2, 0.25) is 5.91 Å². The molecule has 1 N–H and O–H groups in total. The van der Waals surface area contributed by atoms with Crippen molar-refractivity contribution in [3.8, 4) is 0 Å². The lowest BCUT2D eigenvalue weighted by molar-refractivity contribution is -0.121. The minimum absolute atomic E-state index is 0.00403. The predicted molar refractivity (Wildman–Crippen MR) is 68.8 cm³/mol. The Labute approximate surface area is 101 Å². The molecule has 1 rings (SSSR count). The number of nitrogens with zero attached hydrogens (tertiary/aromatic N) is 1. The Bertz CT molecular complexity index is 344. The highest BCUT2D eigenvalue weighted by Gasteiger charge is 2.01. The molecule has 0 aromatic carbocycles.